The molecule has 132 valence electrons. The second kappa shape index (κ2) is 10.5. The Balaban J connectivity index is 2.06. The molecule has 0 amide bonds. The van der Waals surface area contributed by atoms with E-state index in [0.717, 1.165) is 41.7 Å². The van der Waals surface area contributed by atoms with Crippen LogP contribution in [0.1, 0.15) is 51.0 Å². The second-order valence-electron chi connectivity index (χ2n) is 6.26. The van der Waals surface area contributed by atoms with Crippen LogP contribution in [-0.4, -0.2) is 19.1 Å². The number of ether oxygens (including phenoxy) is 2. The molecule has 0 saturated carbocycles. The van der Waals surface area contributed by atoms with Crippen LogP contribution in [0, 0.1) is 6.92 Å². The molecule has 0 saturated heterocycles. The molecule has 0 heterocycles. The van der Waals surface area contributed by atoms with E-state index < -0.39 is 0 Å². The Kier molecular flexibility index (Phi) is 8.24. The van der Waals surface area contributed by atoms with Crippen molar-refractivity contribution in [3.63, 3.8) is 0 Å². The van der Waals surface area contributed by atoms with Crippen molar-refractivity contribution in [2.24, 2.45) is 0 Å². The lowest BCUT2D eigenvalue weighted by atomic mass is 10.1. The highest BCUT2D eigenvalue weighted by atomic mass is 35.5. The molecule has 0 spiro atoms. The normalized spacial score (nSPS) is 11.0. The molecule has 0 aliphatic rings. The van der Waals surface area contributed by atoms with Crippen LogP contribution in [0.3, 0.4) is 0 Å². The Hall–Kier alpha value is -1.41. The van der Waals surface area contributed by atoms with Crippen molar-refractivity contribution in [3.05, 3.63) is 35.9 Å². The van der Waals surface area contributed by atoms with Gasteiger partial charge in [0.15, 0.2) is 0 Å². The van der Waals surface area contributed by atoms with E-state index in [-0.39, 0.29) is 0 Å². The summed E-state index contributed by atoms with van der Waals surface area (Å²) < 4.78 is 11.9. The molecule has 0 unspecified atom stereocenters. The number of halogens is 1. The van der Waals surface area contributed by atoms with Crippen molar-refractivity contribution in [2.75, 3.05) is 19.1 Å². The summed E-state index contributed by atoms with van der Waals surface area (Å²) >= 11 is 5.74. The standard InChI is InChI=1S/C21H29ClO2/c1-3-4-5-6-7-14-23-20-11-12-21(24-15-8-13-22)19-16-17(2)9-10-18(19)20/h9-12,16H,3-8,13-15H2,1-2H3. The molecule has 0 radical (unpaired) electrons. The molecule has 2 aromatic rings. The third-order valence-corrected chi connectivity index (χ3v) is 4.40. The molecule has 3 heteroatoms. The van der Waals surface area contributed by atoms with Crippen LogP contribution in [-0.2, 0) is 0 Å². The first kappa shape index (κ1) is 18.9. The van der Waals surface area contributed by atoms with Crippen LogP contribution in [0.5, 0.6) is 11.5 Å². The Morgan fingerprint density at radius 1 is 0.792 bits per heavy atom. The van der Waals surface area contributed by atoms with Crippen LogP contribution in [0.2, 0.25) is 0 Å². The monoisotopic (exact) mass is 348 g/mol. The van der Waals surface area contributed by atoms with Gasteiger partial charge in [0.2, 0.25) is 0 Å². The van der Waals surface area contributed by atoms with Crippen molar-refractivity contribution in [2.45, 2.75) is 52.4 Å². The van der Waals surface area contributed by atoms with Crippen LogP contribution in [0.4, 0.5) is 0 Å². The summed E-state index contributed by atoms with van der Waals surface area (Å²) in [7, 11) is 0. The summed E-state index contributed by atoms with van der Waals surface area (Å²) in [4.78, 5) is 0. The number of hydrogen-bond donors (Lipinski definition) is 0. The van der Waals surface area contributed by atoms with Crippen molar-refractivity contribution in [1.29, 1.82) is 0 Å². The quantitative estimate of drug-likeness (QED) is 0.340. The summed E-state index contributed by atoms with van der Waals surface area (Å²) in [5.74, 6) is 2.48. The van der Waals surface area contributed by atoms with Gasteiger partial charge >= 0.3 is 0 Å². The molecule has 0 bridgehead atoms. The Morgan fingerprint density at radius 2 is 1.46 bits per heavy atom. The van der Waals surface area contributed by atoms with E-state index in [2.05, 4.69) is 32.0 Å². The zero-order valence-electron chi connectivity index (χ0n) is 14.9. The van der Waals surface area contributed by atoms with E-state index in [1.54, 1.807) is 0 Å². The van der Waals surface area contributed by atoms with Gasteiger partial charge in [-0.05, 0) is 38.0 Å². The second-order valence-corrected chi connectivity index (χ2v) is 6.64. The first-order chi connectivity index (χ1) is 11.8. The summed E-state index contributed by atoms with van der Waals surface area (Å²) in [5, 5.41) is 2.24. The topological polar surface area (TPSA) is 18.5 Å². The number of alkyl halides is 1. The maximum atomic E-state index is 6.04. The molecule has 0 aliphatic heterocycles. The minimum Gasteiger partial charge on any atom is -0.493 e. The third kappa shape index (κ3) is 5.59. The number of aryl methyl sites for hydroxylation is 1. The number of unbranched alkanes of at least 4 members (excludes halogenated alkanes) is 4. The summed E-state index contributed by atoms with van der Waals surface area (Å²) in [6.45, 7) is 5.76. The number of benzene rings is 2. The fraction of sp³-hybridized carbons (Fsp3) is 0.524. The van der Waals surface area contributed by atoms with Crippen LogP contribution < -0.4 is 9.47 Å². The molecule has 0 N–H and O–H groups in total. The van der Waals surface area contributed by atoms with Crippen molar-refractivity contribution in [3.8, 4) is 11.5 Å². The van der Waals surface area contributed by atoms with E-state index in [1.807, 2.05) is 12.1 Å². The van der Waals surface area contributed by atoms with Crippen LogP contribution >= 0.6 is 11.6 Å². The zero-order valence-corrected chi connectivity index (χ0v) is 15.7. The molecule has 0 fully saturated rings. The molecule has 0 aliphatic carbocycles. The zero-order chi connectivity index (χ0) is 17.2. The molecule has 0 atom stereocenters. The molecule has 24 heavy (non-hydrogen) atoms. The van der Waals surface area contributed by atoms with Gasteiger partial charge in [-0.3, -0.25) is 0 Å². The number of hydrogen-bond acceptors (Lipinski definition) is 2. The Labute approximate surface area is 151 Å². The lowest BCUT2D eigenvalue weighted by Gasteiger charge is -2.14. The van der Waals surface area contributed by atoms with Gasteiger partial charge in [0, 0.05) is 16.7 Å². The summed E-state index contributed by atoms with van der Waals surface area (Å²) in [5.41, 5.74) is 1.22. The SMILES string of the molecule is CCCCCCCOc1ccc(OCCCCl)c2cc(C)ccc12. The fourth-order valence-electron chi connectivity index (χ4n) is 2.78. The van der Waals surface area contributed by atoms with Crippen molar-refractivity contribution >= 4 is 22.4 Å². The number of fused-ring (bicyclic) bond motifs is 1. The minimum absolute atomic E-state index is 0.621. The van der Waals surface area contributed by atoms with E-state index in [1.165, 1.54) is 31.2 Å². The highest BCUT2D eigenvalue weighted by molar-refractivity contribution is 6.17. The average Bonchev–Trinajstić information content (AvgIpc) is 2.59. The van der Waals surface area contributed by atoms with Crippen LogP contribution in [0.15, 0.2) is 30.3 Å². The minimum atomic E-state index is 0.621. The van der Waals surface area contributed by atoms with Gasteiger partial charge in [-0.25, -0.2) is 0 Å². The van der Waals surface area contributed by atoms with Gasteiger partial charge in [-0.15, -0.1) is 11.6 Å². The van der Waals surface area contributed by atoms with Gasteiger partial charge in [0.05, 0.1) is 13.2 Å². The maximum absolute atomic E-state index is 6.04. The largest absolute Gasteiger partial charge is 0.493 e. The molecule has 0 aromatic heterocycles. The lowest BCUT2D eigenvalue weighted by Crippen LogP contribution is -2.01. The lowest BCUT2D eigenvalue weighted by molar-refractivity contribution is 0.305. The highest BCUT2D eigenvalue weighted by Crippen LogP contribution is 2.34. The molecule has 2 aromatic carbocycles. The summed E-state index contributed by atoms with van der Waals surface area (Å²) in [6, 6.07) is 10.5. The van der Waals surface area contributed by atoms with Gasteiger partial charge in [0.25, 0.3) is 0 Å². The van der Waals surface area contributed by atoms with Gasteiger partial charge < -0.3 is 9.47 Å². The molecule has 2 rings (SSSR count). The molecular formula is C21H29ClO2. The predicted molar refractivity (Wildman–Crippen MR) is 104 cm³/mol. The number of rotatable bonds is 11. The average molecular weight is 349 g/mol. The first-order valence-corrected chi connectivity index (χ1v) is 9.64. The molecular weight excluding hydrogens is 320 g/mol. The molecule has 2 nitrogen and oxygen atoms in total. The fourth-order valence-corrected chi connectivity index (χ4v) is 2.89. The Bertz CT molecular complexity index is 625. The Morgan fingerprint density at radius 3 is 2.17 bits per heavy atom. The first-order valence-electron chi connectivity index (χ1n) is 9.11. The van der Waals surface area contributed by atoms with E-state index in [4.69, 9.17) is 21.1 Å². The van der Waals surface area contributed by atoms with E-state index >= 15 is 0 Å². The highest BCUT2D eigenvalue weighted by Gasteiger charge is 2.08. The van der Waals surface area contributed by atoms with Gasteiger partial charge in [-0.2, -0.15) is 0 Å². The summed E-state index contributed by atoms with van der Waals surface area (Å²) in [6.07, 6.45) is 7.09. The van der Waals surface area contributed by atoms with E-state index in [9.17, 15) is 0 Å². The van der Waals surface area contributed by atoms with Gasteiger partial charge in [-0.1, -0.05) is 50.3 Å². The van der Waals surface area contributed by atoms with Crippen molar-refractivity contribution in [1.82, 2.24) is 0 Å². The van der Waals surface area contributed by atoms with Crippen molar-refractivity contribution < 1.29 is 9.47 Å². The smallest absolute Gasteiger partial charge is 0.127 e. The third-order valence-electron chi connectivity index (χ3n) is 4.13. The maximum Gasteiger partial charge on any atom is 0.127 e. The van der Waals surface area contributed by atoms with Crippen LogP contribution in [0.25, 0.3) is 10.8 Å². The predicted octanol–water partition coefficient (Wildman–Crippen LogP) is 6.51. The van der Waals surface area contributed by atoms with E-state index in [0.29, 0.717) is 12.5 Å². The van der Waals surface area contributed by atoms with Gasteiger partial charge in [0.1, 0.15) is 11.5 Å².